The summed E-state index contributed by atoms with van der Waals surface area (Å²) in [5.41, 5.74) is -1.76. The SMILES string of the molecule is Cc1nnc2n1C1=C(C(F)(F)F)C(Br)C(F)C=C1NC2(C)C. The van der Waals surface area contributed by atoms with E-state index in [1.54, 1.807) is 20.8 Å². The van der Waals surface area contributed by atoms with Gasteiger partial charge in [-0.2, -0.15) is 13.2 Å². The number of aromatic nitrogens is 3. The minimum Gasteiger partial charge on any atom is -0.371 e. The maximum Gasteiger partial charge on any atom is 0.415 e. The van der Waals surface area contributed by atoms with Crippen molar-refractivity contribution in [1.29, 1.82) is 0 Å². The van der Waals surface area contributed by atoms with Crippen molar-refractivity contribution in [2.45, 2.75) is 43.5 Å². The quantitative estimate of drug-likeness (QED) is 0.555. The highest BCUT2D eigenvalue weighted by atomic mass is 79.9. The first-order chi connectivity index (χ1) is 10.0. The number of allylic oxidation sites excluding steroid dienone is 3. The first-order valence-electron chi connectivity index (χ1n) is 6.57. The molecule has 120 valence electrons. The highest BCUT2D eigenvalue weighted by Gasteiger charge is 2.49. The summed E-state index contributed by atoms with van der Waals surface area (Å²) in [5, 5.41) is 10.8. The molecular weight excluding hydrogens is 368 g/mol. The highest BCUT2D eigenvalue weighted by molar-refractivity contribution is 9.09. The molecule has 2 atom stereocenters. The van der Waals surface area contributed by atoms with Crippen LogP contribution in [0.25, 0.3) is 5.70 Å². The van der Waals surface area contributed by atoms with Gasteiger partial charge in [-0.3, -0.25) is 4.57 Å². The summed E-state index contributed by atoms with van der Waals surface area (Å²) in [6.45, 7) is 5.08. The molecule has 0 spiro atoms. The fraction of sp³-hybridized carbons (Fsp3) is 0.538. The average molecular weight is 381 g/mol. The van der Waals surface area contributed by atoms with Gasteiger partial charge in [0.25, 0.3) is 0 Å². The fourth-order valence-electron chi connectivity index (χ4n) is 2.82. The van der Waals surface area contributed by atoms with Crippen LogP contribution in [0.15, 0.2) is 17.3 Å². The summed E-state index contributed by atoms with van der Waals surface area (Å²) in [5.74, 6) is 0.681. The molecule has 1 aromatic rings. The second-order valence-electron chi connectivity index (χ2n) is 5.84. The van der Waals surface area contributed by atoms with Crippen molar-refractivity contribution in [1.82, 2.24) is 20.1 Å². The van der Waals surface area contributed by atoms with Crippen LogP contribution < -0.4 is 5.32 Å². The van der Waals surface area contributed by atoms with Crippen LogP contribution >= 0.6 is 15.9 Å². The third kappa shape index (κ3) is 2.09. The van der Waals surface area contributed by atoms with Crippen LogP contribution in [0.4, 0.5) is 17.6 Å². The van der Waals surface area contributed by atoms with Gasteiger partial charge in [-0.15, -0.1) is 10.2 Å². The van der Waals surface area contributed by atoms with Gasteiger partial charge in [0, 0.05) is 0 Å². The first-order valence-corrected chi connectivity index (χ1v) is 7.48. The zero-order valence-corrected chi connectivity index (χ0v) is 13.5. The van der Waals surface area contributed by atoms with E-state index in [9.17, 15) is 17.6 Å². The summed E-state index contributed by atoms with van der Waals surface area (Å²) in [4.78, 5) is -1.47. The zero-order valence-electron chi connectivity index (χ0n) is 12.0. The molecule has 0 bridgehead atoms. The third-order valence-corrected chi connectivity index (χ3v) is 4.71. The molecule has 1 aliphatic heterocycles. The number of nitrogens with one attached hydrogen (secondary N) is 1. The fourth-order valence-corrected chi connectivity index (χ4v) is 3.45. The van der Waals surface area contributed by atoms with E-state index < -0.39 is 28.3 Å². The average Bonchev–Trinajstić information content (AvgIpc) is 2.73. The van der Waals surface area contributed by atoms with E-state index >= 15 is 0 Å². The molecule has 1 aromatic heterocycles. The molecule has 1 N–H and O–H groups in total. The molecule has 0 aromatic carbocycles. The molecule has 3 rings (SSSR count). The van der Waals surface area contributed by atoms with Gasteiger partial charge < -0.3 is 5.32 Å². The number of halogens is 5. The molecule has 2 heterocycles. The summed E-state index contributed by atoms with van der Waals surface area (Å²) in [6.07, 6.45) is -5.30. The van der Waals surface area contributed by atoms with Crippen molar-refractivity contribution in [3.8, 4) is 0 Å². The van der Waals surface area contributed by atoms with Gasteiger partial charge in [-0.1, -0.05) is 15.9 Å². The first kappa shape index (κ1) is 15.5. The zero-order chi connectivity index (χ0) is 16.4. The summed E-state index contributed by atoms with van der Waals surface area (Å²) >= 11 is 2.83. The summed E-state index contributed by atoms with van der Waals surface area (Å²) in [7, 11) is 0. The van der Waals surface area contributed by atoms with Crippen LogP contribution in [0, 0.1) is 6.92 Å². The molecule has 2 unspecified atom stereocenters. The van der Waals surface area contributed by atoms with Crippen molar-refractivity contribution in [3.63, 3.8) is 0 Å². The van der Waals surface area contributed by atoms with Gasteiger partial charge in [-0.05, 0) is 26.8 Å². The van der Waals surface area contributed by atoms with Gasteiger partial charge >= 0.3 is 6.18 Å². The van der Waals surface area contributed by atoms with Crippen molar-refractivity contribution < 1.29 is 17.6 Å². The Kier molecular flexibility index (Phi) is 3.22. The van der Waals surface area contributed by atoms with E-state index in [1.165, 1.54) is 4.57 Å². The minimum atomic E-state index is -4.68. The molecule has 0 fully saturated rings. The van der Waals surface area contributed by atoms with Crippen molar-refractivity contribution >= 4 is 21.6 Å². The molecular formula is C13H13BrF4N4. The maximum absolute atomic E-state index is 14.0. The lowest BCUT2D eigenvalue weighted by Gasteiger charge is -2.40. The van der Waals surface area contributed by atoms with E-state index in [0.717, 1.165) is 6.08 Å². The normalized spacial score (nSPS) is 27.0. The Labute approximate surface area is 132 Å². The number of alkyl halides is 5. The smallest absolute Gasteiger partial charge is 0.371 e. The Morgan fingerprint density at radius 1 is 1.32 bits per heavy atom. The predicted molar refractivity (Wildman–Crippen MR) is 75.9 cm³/mol. The van der Waals surface area contributed by atoms with Gasteiger partial charge in [0.1, 0.15) is 12.0 Å². The molecule has 1 aliphatic carbocycles. The maximum atomic E-state index is 14.0. The number of aryl methyl sites for hydroxylation is 1. The van der Waals surface area contributed by atoms with Crippen molar-refractivity contribution in [3.05, 3.63) is 29.0 Å². The summed E-state index contributed by atoms with van der Waals surface area (Å²) in [6, 6.07) is 0. The molecule has 9 heteroatoms. The van der Waals surface area contributed by atoms with Crippen LogP contribution in [0.1, 0.15) is 25.5 Å². The van der Waals surface area contributed by atoms with E-state index in [4.69, 9.17) is 0 Å². The number of rotatable bonds is 0. The monoisotopic (exact) mass is 380 g/mol. The third-order valence-electron chi connectivity index (χ3n) is 3.75. The molecule has 22 heavy (non-hydrogen) atoms. The number of hydrogen-bond acceptors (Lipinski definition) is 3. The Morgan fingerprint density at radius 3 is 2.55 bits per heavy atom. The Morgan fingerprint density at radius 2 is 1.95 bits per heavy atom. The minimum absolute atomic E-state index is 0.107. The molecule has 0 saturated heterocycles. The Bertz CT molecular complexity index is 701. The largest absolute Gasteiger partial charge is 0.415 e. The van der Waals surface area contributed by atoms with Crippen molar-refractivity contribution in [2.75, 3.05) is 0 Å². The second-order valence-corrected chi connectivity index (χ2v) is 6.83. The van der Waals surface area contributed by atoms with Gasteiger partial charge in [0.2, 0.25) is 0 Å². The van der Waals surface area contributed by atoms with Crippen LogP contribution in [0.3, 0.4) is 0 Å². The van der Waals surface area contributed by atoms with Crippen LogP contribution in [0.5, 0.6) is 0 Å². The lowest BCUT2D eigenvalue weighted by molar-refractivity contribution is -0.0942. The van der Waals surface area contributed by atoms with Crippen LogP contribution in [-0.4, -0.2) is 31.9 Å². The molecule has 0 radical (unpaired) electrons. The molecule has 4 nitrogen and oxygen atoms in total. The van der Waals surface area contributed by atoms with E-state index in [2.05, 4.69) is 31.4 Å². The Balaban J connectivity index is 2.38. The topological polar surface area (TPSA) is 42.7 Å². The second kappa shape index (κ2) is 4.56. The lowest BCUT2D eigenvalue weighted by atomic mass is 9.91. The predicted octanol–water partition coefficient (Wildman–Crippen LogP) is 3.20. The van der Waals surface area contributed by atoms with Crippen molar-refractivity contribution in [2.24, 2.45) is 0 Å². The van der Waals surface area contributed by atoms with E-state index in [-0.39, 0.29) is 11.4 Å². The van der Waals surface area contributed by atoms with E-state index in [1.807, 2.05) is 0 Å². The molecule has 0 amide bonds. The highest BCUT2D eigenvalue weighted by Crippen LogP contribution is 2.46. The lowest BCUT2D eigenvalue weighted by Crippen LogP contribution is -2.47. The van der Waals surface area contributed by atoms with Gasteiger partial charge in [0.05, 0.1) is 27.3 Å². The number of nitrogens with zero attached hydrogens (tertiary/aromatic N) is 3. The van der Waals surface area contributed by atoms with Crippen LogP contribution in [0.2, 0.25) is 0 Å². The van der Waals surface area contributed by atoms with Crippen LogP contribution in [-0.2, 0) is 5.54 Å². The summed E-state index contributed by atoms with van der Waals surface area (Å²) < 4.78 is 55.9. The van der Waals surface area contributed by atoms with Gasteiger partial charge in [-0.25, -0.2) is 4.39 Å². The van der Waals surface area contributed by atoms with Gasteiger partial charge in [0.15, 0.2) is 5.82 Å². The molecule has 0 saturated carbocycles. The van der Waals surface area contributed by atoms with E-state index in [0.29, 0.717) is 11.6 Å². The Hall–Kier alpha value is -1.38. The molecule has 2 aliphatic rings. The number of hydrogen-bond donors (Lipinski definition) is 1. The number of fused-ring (bicyclic) bond motifs is 3. The standard InChI is InChI=1S/C13H13BrF4N4/c1-5-20-21-11-12(2,3)19-7-4-6(15)9(14)8(13(16,17)18)10(7)22(5)11/h4,6,9,19H,1-3H3.